The first-order valence-corrected chi connectivity index (χ1v) is 9.66. The number of hydrogen-bond donors (Lipinski definition) is 1. The van der Waals surface area contributed by atoms with Crippen molar-refractivity contribution in [3.05, 3.63) is 60.2 Å². The van der Waals surface area contributed by atoms with E-state index in [4.69, 9.17) is 4.74 Å². The molecule has 2 atom stereocenters. The summed E-state index contributed by atoms with van der Waals surface area (Å²) in [6.45, 7) is 1.84. The van der Waals surface area contributed by atoms with Crippen LogP contribution in [0.5, 0.6) is 5.75 Å². The van der Waals surface area contributed by atoms with E-state index in [1.54, 1.807) is 24.3 Å². The number of ether oxygens (including phenoxy) is 1. The molecule has 2 aromatic carbocycles. The minimum atomic E-state index is -3.33. The molecule has 1 unspecified atom stereocenters. The van der Waals surface area contributed by atoms with E-state index >= 15 is 0 Å². The van der Waals surface area contributed by atoms with Crippen LogP contribution in [-0.4, -0.2) is 27.8 Å². The van der Waals surface area contributed by atoms with Gasteiger partial charge in [-0.1, -0.05) is 42.5 Å². The number of nitrogens with one attached hydrogen (secondary N) is 1. The minimum Gasteiger partial charge on any atom is -0.484 e. The summed E-state index contributed by atoms with van der Waals surface area (Å²) in [6, 6.07) is 16.9. The van der Waals surface area contributed by atoms with Gasteiger partial charge in [0, 0.05) is 18.7 Å². The number of para-hydroxylation sites is 1. The maximum Gasteiger partial charge on any atom is 0.179 e. The molecule has 1 heterocycles. The maximum absolute atomic E-state index is 12.0. The van der Waals surface area contributed by atoms with Gasteiger partial charge in [0.1, 0.15) is 16.7 Å². The molecule has 5 heteroatoms. The summed E-state index contributed by atoms with van der Waals surface area (Å²) < 4.78 is 30.2. The van der Waals surface area contributed by atoms with Crippen molar-refractivity contribution in [3.63, 3.8) is 0 Å². The van der Waals surface area contributed by atoms with E-state index in [-0.39, 0.29) is 11.0 Å². The molecule has 23 heavy (non-hydrogen) atoms. The van der Waals surface area contributed by atoms with Crippen molar-refractivity contribution in [2.75, 3.05) is 19.3 Å². The van der Waals surface area contributed by atoms with E-state index in [0.29, 0.717) is 11.7 Å². The van der Waals surface area contributed by atoms with E-state index in [9.17, 15) is 8.42 Å². The third-order valence-corrected chi connectivity index (χ3v) is 5.29. The smallest absolute Gasteiger partial charge is 0.179 e. The van der Waals surface area contributed by atoms with Crippen LogP contribution >= 0.6 is 0 Å². The van der Waals surface area contributed by atoms with Crippen molar-refractivity contribution in [3.8, 4) is 5.75 Å². The monoisotopic (exact) mass is 331 g/mol. The molecule has 0 aliphatic carbocycles. The Hall–Kier alpha value is -1.85. The van der Waals surface area contributed by atoms with E-state index < -0.39 is 9.84 Å². The van der Waals surface area contributed by atoms with Gasteiger partial charge in [-0.25, -0.2) is 8.42 Å². The highest BCUT2D eigenvalue weighted by Gasteiger charge is 2.29. The topological polar surface area (TPSA) is 55.4 Å². The molecule has 1 aliphatic rings. The SMILES string of the molecule is CS(=O)(=O)c1ccccc1OC(c1ccccc1)[C@H]1CCNC1. The second-order valence-corrected chi connectivity index (χ2v) is 7.91. The third kappa shape index (κ3) is 3.74. The second kappa shape index (κ2) is 6.72. The Kier molecular flexibility index (Phi) is 4.68. The summed E-state index contributed by atoms with van der Waals surface area (Å²) in [7, 11) is -3.33. The molecule has 4 nitrogen and oxygen atoms in total. The van der Waals surface area contributed by atoms with Gasteiger partial charge in [-0.05, 0) is 30.7 Å². The molecule has 0 saturated carbocycles. The van der Waals surface area contributed by atoms with Crippen molar-refractivity contribution in [2.45, 2.75) is 17.4 Å². The Morgan fingerprint density at radius 1 is 1.09 bits per heavy atom. The molecule has 2 aromatic rings. The molecular formula is C18H21NO3S. The molecule has 0 aromatic heterocycles. The van der Waals surface area contributed by atoms with Gasteiger partial charge < -0.3 is 10.1 Å². The van der Waals surface area contributed by atoms with Crippen molar-refractivity contribution in [1.82, 2.24) is 5.32 Å². The maximum atomic E-state index is 12.0. The van der Waals surface area contributed by atoms with Gasteiger partial charge in [0.15, 0.2) is 9.84 Å². The van der Waals surface area contributed by atoms with Crippen LogP contribution in [0.3, 0.4) is 0 Å². The van der Waals surface area contributed by atoms with E-state index in [1.807, 2.05) is 30.3 Å². The Morgan fingerprint density at radius 3 is 2.43 bits per heavy atom. The Bertz CT molecular complexity index is 753. The van der Waals surface area contributed by atoms with Crippen LogP contribution in [0, 0.1) is 5.92 Å². The van der Waals surface area contributed by atoms with E-state index in [1.165, 1.54) is 6.26 Å². The zero-order chi connectivity index (χ0) is 16.3. The summed E-state index contributed by atoms with van der Waals surface area (Å²) in [4.78, 5) is 0.242. The van der Waals surface area contributed by atoms with Crippen LogP contribution in [0.2, 0.25) is 0 Å². The zero-order valence-corrected chi connectivity index (χ0v) is 13.9. The number of sulfone groups is 1. The fraction of sp³-hybridized carbons (Fsp3) is 0.333. The molecule has 0 spiro atoms. The van der Waals surface area contributed by atoms with E-state index in [0.717, 1.165) is 25.1 Å². The lowest BCUT2D eigenvalue weighted by molar-refractivity contribution is 0.140. The van der Waals surface area contributed by atoms with Crippen LogP contribution in [0.15, 0.2) is 59.5 Å². The standard InChI is InChI=1S/C18H21NO3S/c1-23(20,21)17-10-6-5-9-16(17)22-18(15-11-12-19-13-15)14-7-3-2-4-8-14/h2-10,15,18-19H,11-13H2,1H3/t15-,18?/m0/s1. The Labute approximate surface area is 137 Å². The Balaban J connectivity index is 1.97. The molecule has 1 saturated heterocycles. The van der Waals surface area contributed by atoms with Crippen LogP contribution in [0.1, 0.15) is 18.1 Å². The summed E-state index contributed by atoms with van der Waals surface area (Å²) in [5.41, 5.74) is 1.07. The van der Waals surface area contributed by atoms with Crippen LogP contribution in [-0.2, 0) is 9.84 Å². The predicted molar refractivity (Wildman–Crippen MR) is 90.3 cm³/mol. The fourth-order valence-electron chi connectivity index (χ4n) is 3.01. The number of benzene rings is 2. The van der Waals surface area contributed by atoms with Crippen LogP contribution in [0.4, 0.5) is 0 Å². The van der Waals surface area contributed by atoms with Gasteiger partial charge in [0.25, 0.3) is 0 Å². The van der Waals surface area contributed by atoms with Gasteiger partial charge in [0.2, 0.25) is 0 Å². The third-order valence-electron chi connectivity index (χ3n) is 4.16. The molecular weight excluding hydrogens is 310 g/mol. The summed E-state index contributed by atoms with van der Waals surface area (Å²) in [5.74, 6) is 0.751. The molecule has 3 rings (SSSR count). The lowest BCUT2D eigenvalue weighted by Gasteiger charge is -2.25. The highest BCUT2D eigenvalue weighted by atomic mass is 32.2. The number of hydrogen-bond acceptors (Lipinski definition) is 4. The normalized spacial score (nSPS) is 19.4. The van der Waals surface area contributed by atoms with Gasteiger partial charge in [-0.3, -0.25) is 0 Å². The van der Waals surface area contributed by atoms with Gasteiger partial charge >= 0.3 is 0 Å². The second-order valence-electron chi connectivity index (χ2n) is 5.92. The van der Waals surface area contributed by atoms with Crippen molar-refractivity contribution in [1.29, 1.82) is 0 Å². The molecule has 0 bridgehead atoms. The van der Waals surface area contributed by atoms with E-state index in [2.05, 4.69) is 5.32 Å². The summed E-state index contributed by atoms with van der Waals surface area (Å²) in [5, 5.41) is 3.35. The van der Waals surface area contributed by atoms with Gasteiger partial charge in [-0.15, -0.1) is 0 Å². The van der Waals surface area contributed by atoms with Crippen LogP contribution < -0.4 is 10.1 Å². The largest absolute Gasteiger partial charge is 0.484 e. The molecule has 1 fully saturated rings. The lowest BCUT2D eigenvalue weighted by atomic mass is 9.95. The molecule has 0 amide bonds. The molecule has 122 valence electrons. The molecule has 1 aliphatic heterocycles. The van der Waals surface area contributed by atoms with Crippen molar-refractivity contribution in [2.24, 2.45) is 5.92 Å². The highest BCUT2D eigenvalue weighted by Crippen LogP contribution is 2.34. The highest BCUT2D eigenvalue weighted by molar-refractivity contribution is 7.90. The summed E-state index contributed by atoms with van der Waals surface area (Å²) >= 11 is 0. The minimum absolute atomic E-state index is 0.158. The number of rotatable bonds is 5. The zero-order valence-electron chi connectivity index (χ0n) is 13.1. The van der Waals surface area contributed by atoms with Gasteiger partial charge in [-0.2, -0.15) is 0 Å². The summed E-state index contributed by atoms with van der Waals surface area (Å²) in [6.07, 6.45) is 2.07. The molecule has 0 radical (unpaired) electrons. The average molecular weight is 331 g/mol. The van der Waals surface area contributed by atoms with Crippen molar-refractivity contribution < 1.29 is 13.2 Å². The lowest BCUT2D eigenvalue weighted by Crippen LogP contribution is -2.22. The van der Waals surface area contributed by atoms with Crippen LogP contribution in [0.25, 0.3) is 0 Å². The first-order valence-electron chi connectivity index (χ1n) is 7.77. The quantitative estimate of drug-likeness (QED) is 0.915. The fourth-order valence-corrected chi connectivity index (χ4v) is 3.81. The average Bonchev–Trinajstić information content (AvgIpc) is 3.07. The first kappa shape index (κ1) is 16.0. The molecule has 1 N–H and O–H groups in total. The predicted octanol–water partition coefficient (Wildman–Crippen LogP) is 2.82. The Morgan fingerprint density at radius 2 is 1.78 bits per heavy atom. The van der Waals surface area contributed by atoms with Gasteiger partial charge in [0.05, 0.1) is 0 Å². The first-order chi connectivity index (χ1) is 11.1. The van der Waals surface area contributed by atoms with Crippen molar-refractivity contribution >= 4 is 9.84 Å².